The van der Waals surface area contributed by atoms with Crippen LogP contribution in [0, 0.1) is 12.8 Å². The summed E-state index contributed by atoms with van der Waals surface area (Å²) in [6, 6.07) is 3.64. The number of aryl methyl sites for hydroxylation is 1. The van der Waals surface area contributed by atoms with E-state index in [9.17, 15) is 9.90 Å². The normalized spacial score (nSPS) is 12.5. The first-order valence-corrected chi connectivity index (χ1v) is 6.48. The molecule has 4 heteroatoms. The van der Waals surface area contributed by atoms with Crippen molar-refractivity contribution in [3.8, 4) is 0 Å². The van der Waals surface area contributed by atoms with E-state index in [-0.39, 0.29) is 18.4 Å². The van der Waals surface area contributed by atoms with Gasteiger partial charge in [0.2, 0.25) is 0 Å². The summed E-state index contributed by atoms with van der Waals surface area (Å²) in [6.07, 6.45) is 2.93. The van der Waals surface area contributed by atoms with Crippen LogP contribution >= 0.6 is 0 Å². The molecule has 0 saturated carbocycles. The van der Waals surface area contributed by atoms with Gasteiger partial charge in [0, 0.05) is 12.7 Å². The lowest BCUT2D eigenvalue weighted by molar-refractivity contribution is 0.0812. The van der Waals surface area contributed by atoms with E-state index in [4.69, 9.17) is 0 Å². The number of carbonyl (C=O) groups is 1. The Morgan fingerprint density at radius 2 is 2.11 bits per heavy atom. The van der Waals surface area contributed by atoms with Gasteiger partial charge in [-0.25, -0.2) is 0 Å². The summed E-state index contributed by atoms with van der Waals surface area (Å²) in [5.74, 6) is 0.00763. The average molecular weight is 250 g/mol. The van der Waals surface area contributed by atoms with E-state index >= 15 is 0 Å². The number of rotatable bonds is 6. The summed E-state index contributed by atoms with van der Waals surface area (Å²) < 4.78 is 0. The number of aliphatic hydroxyl groups is 1. The monoisotopic (exact) mass is 250 g/mol. The fraction of sp³-hybridized carbons (Fsp3) is 0.571. The highest BCUT2D eigenvalue weighted by Gasteiger charge is 2.17. The Morgan fingerprint density at radius 3 is 2.67 bits per heavy atom. The average Bonchev–Trinajstić information content (AvgIpc) is 2.38. The molecule has 2 N–H and O–H groups in total. The molecular formula is C14H22N2O2. The van der Waals surface area contributed by atoms with Crippen molar-refractivity contribution < 1.29 is 9.90 Å². The molecule has 4 nitrogen and oxygen atoms in total. The molecule has 1 atom stereocenters. The molecule has 0 aliphatic carbocycles. The minimum absolute atomic E-state index is 0.224. The number of amides is 1. The van der Waals surface area contributed by atoms with Crippen LogP contribution in [-0.4, -0.2) is 28.6 Å². The minimum Gasteiger partial charge on any atom is -0.391 e. The largest absolute Gasteiger partial charge is 0.391 e. The van der Waals surface area contributed by atoms with Crippen molar-refractivity contribution in [1.82, 2.24) is 10.3 Å². The quantitative estimate of drug-likeness (QED) is 0.810. The SMILES string of the molecule is CCC(CC)C(O)CNC(=O)c1ncccc1C. The lowest BCUT2D eigenvalue weighted by Crippen LogP contribution is -2.36. The lowest BCUT2D eigenvalue weighted by atomic mass is 9.96. The molecule has 0 aliphatic rings. The van der Waals surface area contributed by atoms with Gasteiger partial charge < -0.3 is 10.4 Å². The highest BCUT2D eigenvalue weighted by atomic mass is 16.3. The van der Waals surface area contributed by atoms with Gasteiger partial charge in [-0.1, -0.05) is 32.8 Å². The predicted molar refractivity (Wildman–Crippen MR) is 71.4 cm³/mol. The van der Waals surface area contributed by atoms with Gasteiger partial charge in [0.25, 0.3) is 5.91 Å². The molecule has 0 radical (unpaired) electrons. The molecule has 0 aliphatic heterocycles. The number of aliphatic hydroxyl groups excluding tert-OH is 1. The molecule has 1 amide bonds. The Bertz CT molecular complexity index is 389. The molecule has 1 unspecified atom stereocenters. The van der Waals surface area contributed by atoms with E-state index < -0.39 is 6.10 Å². The van der Waals surface area contributed by atoms with Crippen LogP contribution in [0.1, 0.15) is 42.7 Å². The molecule has 18 heavy (non-hydrogen) atoms. The van der Waals surface area contributed by atoms with Gasteiger partial charge >= 0.3 is 0 Å². The van der Waals surface area contributed by atoms with Gasteiger partial charge in [0.1, 0.15) is 5.69 Å². The zero-order valence-electron chi connectivity index (χ0n) is 11.3. The van der Waals surface area contributed by atoms with E-state index in [1.807, 2.05) is 26.8 Å². The standard InChI is InChI=1S/C14H22N2O2/c1-4-11(5-2)12(17)9-16-14(18)13-10(3)7-6-8-15-13/h6-8,11-12,17H,4-5,9H2,1-3H3,(H,16,18). The van der Waals surface area contributed by atoms with Crippen molar-refractivity contribution in [3.63, 3.8) is 0 Å². The number of hydrogen-bond acceptors (Lipinski definition) is 3. The van der Waals surface area contributed by atoms with Crippen LogP contribution in [0.4, 0.5) is 0 Å². The van der Waals surface area contributed by atoms with Crippen LogP contribution in [0.2, 0.25) is 0 Å². The maximum Gasteiger partial charge on any atom is 0.270 e. The van der Waals surface area contributed by atoms with E-state index in [1.54, 1.807) is 12.3 Å². The highest BCUT2D eigenvalue weighted by Crippen LogP contribution is 2.12. The molecule has 0 bridgehead atoms. The van der Waals surface area contributed by atoms with Crippen LogP contribution in [-0.2, 0) is 0 Å². The first kappa shape index (κ1) is 14.6. The first-order valence-electron chi connectivity index (χ1n) is 6.48. The van der Waals surface area contributed by atoms with Crippen molar-refractivity contribution in [1.29, 1.82) is 0 Å². The summed E-state index contributed by atoms with van der Waals surface area (Å²) in [4.78, 5) is 15.9. The summed E-state index contributed by atoms with van der Waals surface area (Å²) in [5, 5.41) is 12.7. The molecule has 0 saturated heterocycles. The van der Waals surface area contributed by atoms with Crippen molar-refractivity contribution in [3.05, 3.63) is 29.6 Å². The lowest BCUT2D eigenvalue weighted by Gasteiger charge is -2.20. The second-order valence-electron chi connectivity index (χ2n) is 4.52. The summed E-state index contributed by atoms with van der Waals surface area (Å²) in [5.41, 5.74) is 1.27. The zero-order chi connectivity index (χ0) is 13.5. The predicted octanol–water partition coefficient (Wildman–Crippen LogP) is 1.92. The maximum absolute atomic E-state index is 11.9. The van der Waals surface area contributed by atoms with E-state index in [0.29, 0.717) is 5.69 Å². The molecule has 1 rings (SSSR count). The molecule has 0 spiro atoms. The molecule has 0 aromatic carbocycles. The molecule has 1 heterocycles. The third-order valence-corrected chi connectivity index (χ3v) is 3.29. The highest BCUT2D eigenvalue weighted by molar-refractivity contribution is 5.93. The van der Waals surface area contributed by atoms with Crippen molar-refractivity contribution in [2.75, 3.05) is 6.54 Å². The number of carbonyl (C=O) groups excluding carboxylic acids is 1. The second kappa shape index (κ2) is 7.11. The van der Waals surface area contributed by atoms with E-state index in [1.165, 1.54) is 0 Å². The van der Waals surface area contributed by atoms with Gasteiger partial charge in [-0.2, -0.15) is 0 Å². The van der Waals surface area contributed by atoms with E-state index in [0.717, 1.165) is 18.4 Å². The van der Waals surface area contributed by atoms with Crippen molar-refractivity contribution in [2.45, 2.75) is 39.7 Å². The van der Waals surface area contributed by atoms with Gasteiger partial charge in [0.15, 0.2) is 0 Å². The van der Waals surface area contributed by atoms with Gasteiger partial charge in [-0.3, -0.25) is 9.78 Å². The van der Waals surface area contributed by atoms with Crippen LogP contribution in [0.15, 0.2) is 18.3 Å². The Balaban J connectivity index is 2.54. The van der Waals surface area contributed by atoms with Crippen LogP contribution in [0.5, 0.6) is 0 Å². The third kappa shape index (κ3) is 3.81. The third-order valence-electron chi connectivity index (χ3n) is 3.29. The number of hydrogen-bond donors (Lipinski definition) is 2. The number of aromatic nitrogens is 1. The second-order valence-corrected chi connectivity index (χ2v) is 4.52. The number of nitrogens with zero attached hydrogens (tertiary/aromatic N) is 1. The van der Waals surface area contributed by atoms with Gasteiger partial charge in [-0.15, -0.1) is 0 Å². The van der Waals surface area contributed by atoms with Crippen LogP contribution in [0.25, 0.3) is 0 Å². The van der Waals surface area contributed by atoms with Gasteiger partial charge in [0.05, 0.1) is 6.10 Å². The Morgan fingerprint density at radius 1 is 1.44 bits per heavy atom. The van der Waals surface area contributed by atoms with Gasteiger partial charge in [-0.05, 0) is 24.5 Å². The van der Waals surface area contributed by atoms with Crippen LogP contribution in [0.3, 0.4) is 0 Å². The Hall–Kier alpha value is -1.42. The molecule has 1 aromatic heterocycles. The van der Waals surface area contributed by atoms with Crippen molar-refractivity contribution >= 4 is 5.91 Å². The fourth-order valence-electron chi connectivity index (χ4n) is 2.00. The fourth-order valence-corrected chi connectivity index (χ4v) is 2.00. The Kier molecular flexibility index (Phi) is 5.78. The molecule has 100 valence electrons. The summed E-state index contributed by atoms with van der Waals surface area (Å²) in [6.45, 7) is 6.21. The smallest absolute Gasteiger partial charge is 0.270 e. The molecular weight excluding hydrogens is 228 g/mol. The summed E-state index contributed by atoms with van der Waals surface area (Å²) >= 11 is 0. The maximum atomic E-state index is 11.9. The number of nitrogens with one attached hydrogen (secondary N) is 1. The zero-order valence-corrected chi connectivity index (χ0v) is 11.3. The van der Waals surface area contributed by atoms with Crippen LogP contribution < -0.4 is 5.32 Å². The van der Waals surface area contributed by atoms with E-state index in [2.05, 4.69) is 10.3 Å². The minimum atomic E-state index is -0.493. The molecule has 0 fully saturated rings. The first-order chi connectivity index (χ1) is 8.60. The Labute approximate surface area is 108 Å². The van der Waals surface area contributed by atoms with Crippen molar-refractivity contribution in [2.24, 2.45) is 5.92 Å². The topological polar surface area (TPSA) is 62.2 Å². The summed E-state index contributed by atoms with van der Waals surface area (Å²) in [7, 11) is 0. The number of pyridine rings is 1. The molecule has 1 aromatic rings.